The third-order valence-corrected chi connectivity index (χ3v) is 6.98. The zero-order valence-electron chi connectivity index (χ0n) is 20.5. The minimum Gasteiger partial charge on any atom is -0.347 e. The molecule has 192 valence electrons. The molecule has 4 rings (SSSR count). The van der Waals surface area contributed by atoms with Crippen molar-refractivity contribution in [1.29, 1.82) is 0 Å². The highest BCUT2D eigenvalue weighted by Gasteiger charge is 2.24. The molecule has 1 fully saturated rings. The quantitative estimate of drug-likeness (QED) is 0.471. The second-order valence-corrected chi connectivity index (χ2v) is 11.2. The monoisotopic (exact) mass is 515 g/mol. The summed E-state index contributed by atoms with van der Waals surface area (Å²) in [5.41, 5.74) is 2.82. The Labute approximate surface area is 209 Å². The molecule has 36 heavy (non-hydrogen) atoms. The molecule has 2 aromatic heterocycles. The Morgan fingerprint density at radius 2 is 1.89 bits per heavy atom. The van der Waals surface area contributed by atoms with Crippen molar-refractivity contribution in [2.45, 2.75) is 58.7 Å². The van der Waals surface area contributed by atoms with Crippen LogP contribution in [-0.4, -0.2) is 51.8 Å². The van der Waals surface area contributed by atoms with Crippen molar-refractivity contribution in [3.8, 4) is 11.4 Å². The number of rotatable bonds is 8. The highest BCUT2D eigenvalue weighted by molar-refractivity contribution is 7.88. The smallest absolute Gasteiger partial charge is 0.270 e. The lowest BCUT2D eigenvalue weighted by Gasteiger charge is -2.27. The lowest BCUT2D eigenvalue weighted by atomic mass is 9.86. The van der Waals surface area contributed by atoms with Crippen LogP contribution in [0, 0.1) is 25.6 Å². The zero-order valence-corrected chi connectivity index (χ0v) is 21.3. The maximum absolute atomic E-state index is 13.5. The van der Waals surface area contributed by atoms with E-state index in [2.05, 4.69) is 30.4 Å². The summed E-state index contributed by atoms with van der Waals surface area (Å²) in [7, 11) is -3.20. The van der Waals surface area contributed by atoms with E-state index in [1.807, 2.05) is 0 Å². The number of nitrogens with one attached hydrogen (secondary N) is 2. The maximum Gasteiger partial charge on any atom is 0.270 e. The van der Waals surface area contributed by atoms with Crippen molar-refractivity contribution in [3.63, 3.8) is 0 Å². The third-order valence-electron chi connectivity index (χ3n) is 6.22. The fourth-order valence-electron chi connectivity index (χ4n) is 4.44. The van der Waals surface area contributed by atoms with Gasteiger partial charge in [-0.25, -0.2) is 22.5 Å². The van der Waals surface area contributed by atoms with Crippen molar-refractivity contribution < 1.29 is 17.6 Å². The molecule has 0 radical (unpaired) electrons. The SMILES string of the molecule is Cc1cc(-c2nnn(CC3CCC(NS(C)(=O)=O)CC3)n2)cc(C(=O)NCc2ccc(F)c(C)c2)n1. The van der Waals surface area contributed by atoms with Crippen LogP contribution in [0.4, 0.5) is 4.39 Å². The number of hydrogen-bond acceptors (Lipinski definition) is 7. The van der Waals surface area contributed by atoms with Gasteiger partial charge < -0.3 is 5.32 Å². The van der Waals surface area contributed by atoms with Crippen LogP contribution in [-0.2, 0) is 23.1 Å². The normalized spacial score (nSPS) is 18.2. The first-order valence-electron chi connectivity index (χ1n) is 11.8. The van der Waals surface area contributed by atoms with E-state index < -0.39 is 10.0 Å². The molecule has 1 saturated carbocycles. The van der Waals surface area contributed by atoms with Gasteiger partial charge in [0.15, 0.2) is 0 Å². The number of nitrogens with zero attached hydrogens (tertiary/aromatic N) is 5. The number of halogens is 1. The molecule has 3 aromatic rings. The van der Waals surface area contributed by atoms with Gasteiger partial charge in [0, 0.05) is 23.8 Å². The van der Waals surface area contributed by atoms with Gasteiger partial charge in [0.25, 0.3) is 5.91 Å². The molecule has 2 heterocycles. The summed E-state index contributed by atoms with van der Waals surface area (Å²) in [5.74, 6) is 0.0949. The van der Waals surface area contributed by atoms with E-state index in [-0.39, 0.29) is 30.0 Å². The fraction of sp³-hybridized carbons (Fsp3) is 0.458. The van der Waals surface area contributed by atoms with Crippen LogP contribution in [0.15, 0.2) is 30.3 Å². The van der Waals surface area contributed by atoms with Gasteiger partial charge >= 0.3 is 0 Å². The van der Waals surface area contributed by atoms with Crippen molar-refractivity contribution in [3.05, 3.63) is 58.7 Å². The Hall–Kier alpha value is -3.25. The first-order chi connectivity index (χ1) is 17.1. The van der Waals surface area contributed by atoms with Crippen LogP contribution in [0.25, 0.3) is 11.4 Å². The van der Waals surface area contributed by atoms with E-state index in [0.29, 0.717) is 35.1 Å². The van der Waals surface area contributed by atoms with Crippen LogP contribution in [0.3, 0.4) is 0 Å². The van der Waals surface area contributed by atoms with Crippen molar-refractivity contribution in [2.75, 3.05) is 6.26 Å². The van der Waals surface area contributed by atoms with Crippen LogP contribution in [0.1, 0.15) is 53.0 Å². The Balaban J connectivity index is 1.38. The van der Waals surface area contributed by atoms with Gasteiger partial charge in [0.2, 0.25) is 15.8 Å². The molecular weight excluding hydrogens is 485 g/mol. The molecule has 0 bridgehead atoms. The topological polar surface area (TPSA) is 132 Å². The summed E-state index contributed by atoms with van der Waals surface area (Å²) in [6.45, 7) is 4.31. The summed E-state index contributed by atoms with van der Waals surface area (Å²) in [4.78, 5) is 18.6. The lowest BCUT2D eigenvalue weighted by Crippen LogP contribution is -2.37. The molecule has 2 N–H and O–H groups in total. The molecule has 1 aliphatic carbocycles. The molecule has 1 amide bonds. The first-order valence-corrected chi connectivity index (χ1v) is 13.7. The van der Waals surface area contributed by atoms with Crippen LogP contribution in [0.2, 0.25) is 0 Å². The van der Waals surface area contributed by atoms with Crippen LogP contribution >= 0.6 is 0 Å². The Morgan fingerprint density at radius 3 is 2.58 bits per heavy atom. The number of tetrazole rings is 1. The second-order valence-electron chi connectivity index (χ2n) is 9.42. The lowest BCUT2D eigenvalue weighted by molar-refractivity contribution is 0.0945. The van der Waals surface area contributed by atoms with Gasteiger partial charge in [-0.1, -0.05) is 12.1 Å². The van der Waals surface area contributed by atoms with Gasteiger partial charge in [0.05, 0.1) is 12.8 Å². The van der Waals surface area contributed by atoms with E-state index >= 15 is 0 Å². The number of benzene rings is 1. The molecule has 0 unspecified atom stereocenters. The number of carbonyl (C=O) groups excluding carboxylic acids is 1. The predicted molar refractivity (Wildman–Crippen MR) is 132 cm³/mol. The fourth-order valence-corrected chi connectivity index (χ4v) is 5.28. The van der Waals surface area contributed by atoms with E-state index in [4.69, 9.17) is 0 Å². The maximum atomic E-state index is 13.5. The predicted octanol–water partition coefficient (Wildman–Crippen LogP) is 2.53. The number of amides is 1. The summed E-state index contributed by atoms with van der Waals surface area (Å²) < 4.78 is 39.0. The summed E-state index contributed by atoms with van der Waals surface area (Å²) in [6, 6.07) is 8.11. The van der Waals surface area contributed by atoms with E-state index in [0.717, 1.165) is 31.2 Å². The molecular formula is C24H30FN7O3S. The number of aromatic nitrogens is 5. The Bertz CT molecular complexity index is 1350. The molecule has 0 aliphatic heterocycles. The minimum atomic E-state index is -3.20. The van der Waals surface area contributed by atoms with Gasteiger partial charge in [-0.15, -0.1) is 10.2 Å². The average molecular weight is 516 g/mol. The van der Waals surface area contributed by atoms with Gasteiger partial charge in [-0.3, -0.25) is 4.79 Å². The van der Waals surface area contributed by atoms with E-state index in [1.54, 1.807) is 42.9 Å². The first kappa shape index (κ1) is 25.8. The van der Waals surface area contributed by atoms with Crippen molar-refractivity contribution in [1.82, 2.24) is 35.2 Å². The summed E-state index contributed by atoms with van der Waals surface area (Å²) in [5, 5.41) is 15.6. The van der Waals surface area contributed by atoms with Gasteiger partial charge in [0.1, 0.15) is 11.5 Å². The molecule has 0 spiro atoms. The molecule has 0 saturated heterocycles. The molecule has 1 aromatic carbocycles. The molecule has 12 heteroatoms. The Morgan fingerprint density at radius 1 is 1.14 bits per heavy atom. The molecule has 0 atom stereocenters. The van der Waals surface area contributed by atoms with Crippen LogP contribution in [0.5, 0.6) is 0 Å². The third kappa shape index (κ3) is 6.91. The van der Waals surface area contributed by atoms with E-state index in [9.17, 15) is 17.6 Å². The number of carbonyl (C=O) groups is 1. The highest BCUT2D eigenvalue weighted by atomic mass is 32.2. The number of hydrogen-bond donors (Lipinski definition) is 2. The molecule has 10 nitrogen and oxygen atoms in total. The summed E-state index contributed by atoms with van der Waals surface area (Å²) in [6.07, 6.45) is 4.48. The minimum absolute atomic E-state index is 0.0213. The zero-order chi connectivity index (χ0) is 25.9. The highest BCUT2D eigenvalue weighted by Crippen LogP contribution is 2.26. The van der Waals surface area contributed by atoms with Crippen molar-refractivity contribution in [2.24, 2.45) is 5.92 Å². The Kier molecular flexibility index (Phi) is 7.74. The number of sulfonamides is 1. The number of pyridine rings is 1. The second kappa shape index (κ2) is 10.8. The molecule has 1 aliphatic rings. The van der Waals surface area contributed by atoms with Gasteiger partial charge in [-0.05, 0) is 80.0 Å². The van der Waals surface area contributed by atoms with Crippen LogP contribution < -0.4 is 10.0 Å². The standard InChI is InChI=1S/C24H30FN7O3S/c1-15-10-18(6-9-21(15)25)13-26-24(33)22-12-19(11-16(2)27-22)23-28-31-32(29-23)14-17-4-7-20(8-5-17)30-36(3,34)35/h6,9-12,17,20,30H,4-5,7-8,13-14H2,1-3H3,(H,26,33). The van der Waals surface area contributed by atoms with Crippen molar-refractivity contribution >= 4 is 15.9 Å². The van der Waals surface area contributed by atoms with E-state index in [1.165, 1.54) is 12.3 Å². The average Bonchev–Trinajstić information content (AvgIpc) is 3.28. The largest absolute Gasteiger partial charge is 0.347 e. The number of aryl methyl sites for hydroxylation is 2. The van der Waals surface area contributed by atoms with Gasteiger partial charge in [-0.2, -0.15) is 4.80 Å². The summed E-state index contributed by atoms with van der Waals surface area (Å²) >= 11 is 0.